The van der Waals surface area contributed by atoms with Gasteiger partial charge in [-0.25, -0.2) is 12.7 Å². The van der Waals surface area contributed by atoms with Crippen molar-refractivity contribution in [3.05, 3.63) is 0 Å². The average molecular weight is 297 g/mol. The molecule has 0 aromatic rings. The Bertz CT molecular complexity index is 352. The summed E-state index contributed by atoms with van der Waals surface area (Å²) in [5.74, 6) is 0.824. The molecule has 0 bridgehead atoms. The molecular weight excluding hydrogens is 272 g/mol. The van der Waals surface area contributed by atoms with Gasteiger partial charge in [-0.05, 0) is 18.4 Å². The lowest BCUT2D eigenvalue weighted by atomic mass is 10.0. The van der Waals surface area contributed by atoms with Gasteiger partial charge in [-0.15, -0.1) is 11.6 Å². The van der Waals surface area contributed by atoms with E-state index in [0.29, 0.717) is 19.0 Å². The Morgan fingerprint density at radius 1 is 1.11 bits per heavy atom. The number of hydrogen-bond acceptors (Lipinski definition) is 3. The van der Waals surface area contributed by atoms with E-state index in [2.05, 4.69) is 4.90 Å². The molecule has 0 spiro atoms. The van der Waals surface area contributed by atoms with Gasteiger partial charge in [-0.1, -0.05) is 20.8 Å². The molecule has 1 fully saturated rings. The van der Waals surface area contributed by atoms with Crippen LogP contribution in [0.15, 0.2) is 0 Å². The Hall–Kier alpha value is 0.160. The fraction of sp³-hybridized carbons (Fsp3) is 1.00. The van der Waals surface area contributed by atoms with Crippen LogP contribution in [0.2, 0.25) is 0 Å². The molecule has 0 radical (unpaired) electrons. The van der Waals surface area contributed by atoms with Crippen LogP contribution in [0, 0.1) is 5.41 Å². The number of halogens is 1. The molecule has 1 aliphatic rings. The quantitative estimate of drug-likeness (QED) is 0.740. The van der Waals surface area contributed by atoms with Crippen molar-refractivity contribution in [1.29, 1.82) is 0 Å². The Morgan fingerprint density at radius 2 is 1.78 bits per heavy atom. The molecule has 4 nitrogen and oxygen atoms in total. The molecule has 18 heavy (non-hydrogen) atoms. The molecule has 1 rings (SSSR count). The highest BCUT2D eigenvalue weighted by atomic mass is 35.5. The predicted octanol–water partition coefficient (Wildman–Crippen LogP) is 1.61. The van der Waals surface area contributed by atoms with Gasteiger partial charge in [0.15, 0.2) is 0 Å². The zero-order valence-corrected chi connectivity index (χ0v) is 13.2. The van der Waals surface area contributed by atoms with Crippen molar-refractivity contribution in [2.75, 3.05) is 44.4 Å². The third-order valence-corrected chi connectivity index (χ3v) is 5.51. The number of hydrogen-bond donors (Lipinski definition) is 0. The summed E-state index contributed by atoms with van der Waals surface area (Å²) in [6, 6.07) is 0. The SMILES string of the molecule is CC(C)(C)CS(=O)(=O)N1CCCN(CCCl)CC1. The van der Waals surface area contributed by atoms with Gasteiger partial charge in [0.1, 0.15) is 0 Å². The number of sulfonamides is 1. The standard InChI is InChI=1S/C12H25ClN2O2S/c1-12(2,3)11-18(16,17)15-7-4-6-14(8-5-13)9-10-15/h4-11H2,1-3H3. The van der Waals surface area contributed by atoms with E-state index in [1.165, 1.54) is 0 Å². The fourth-order valence-electron chi connectivity index (χ4n) is 2.21. The molecule has 0 atom stereocenters. The van der Waals surface area contributed by atoms with Crippen LogP contribution in [0.4, 0.5) is 0 Å². The van der Waals surface area contributed by atoms with Gasteiger partial charge in [0.25, 0.3) is 0 Å². The van der Waals surface area contributed by atoms with Crippen LogP contribution < -0.4 is 0 Å². The van der Waals surface area contributed by atoms with Crippen LogP contribution in [0.1, 0.15) is 27.2 Å². The lowest BCUT2D eigenvalue weighted by molar-refractivity contribution is 0.303. The van der Waals surface area contributed by atoms with Crippen LogP contribution in [0.5, 0.6) is 0 Å². The van der Waals surface area contributed by atoms with Gasteiger partial charge >= 0.3 is 0 Å². The largest absolute Gasteiger partial charge is 0.301 e. The molecule has 0 N–H and O–H groups in total. The molecule has 0 unspecified atom stereocenters. The monoisotopic (exact) mass is 296 g/mol. The van der Waals surface area contributed by atoms with Crippen molar-refractivity contribution in [1.82, 2.24) is 9.21 Å². The van der Waals surface area contributed by atoms with Gasteiger partial charge in [-0.3, -0.25) is 0 Å². The molecule has 108 valence electrons. The minimum absolute atomic E-state index is 0.193. The summed E-state index contributed by atoms with van der Waals surface area (Å²) < 4.78 is 26.2. The second kappa shape index (κ2) is 6.55. The normalized spacial score (nSPS) is 20.9. The summed E-state index contributed by atoms with van der Waals surface area (Å²) in [6.45, 7) is 9.68. The van der Waals surface area contributed by atoms with Crippen LogP contribution in [0.25, 0.3) is 0 Å². The Labute approximate surface area is 116 Å². The molecule has 1 heterocycles. The third-order valence-electron chi connectivity index (χ3n) is 2.96. The first-order chi connectivity index (χ1) is 8.24. The molecule has 0 amide bonds. The smallest absolute Gasteiger partial charge is 0.214 e. The molecular formula is C12H25ClN2O2S. The van der Waals surface area contributed by atoms with E-state index in [-0.39, 0.29) is 11.2 Å². The van der Waals surface area contributed by atoms with E-state index in [1.807, 2.05) is 20.8 Å². The van der Waals surface area contributed by atoms with Crippen LogP contribution >= 0.6 is 11.6 Å². The summed E-state index contributed by atoms with van der Waals surface area (Å²) in [6.07, 6.45) is 0.889. The van der Waals surface area contributed by atoms with Crippen molar-refractivity contribution in [2.45, 2.75) is 27.2 Å². The summed E-state index contributed by atoms with van der Waals surface area (Å²) in [5.41, 5.74) is -0.193. The molecule has 0 saturated carbocycles. The van der Waals surface area contributed by atoms with Crippen molar-refractivity contribution in [3.8, 4) is 0 Å². The third kappa shape index (κ3) is 5.43. The summed E-state index contributed by atoms with van der Waals surface area (Å²) in [4.78, 5) is 2.24. The Balaban J connectivity index is 2.62. The van der Waals surface area contributed by atoms with Gasteiger partial charge in [0.05, 0.1) is 5.75 Å². The van der Waals surface area contributed by atoms with E-state index < -0.39 is 10.0 Å². The molecule has 0 aliphatic carbocycles. The van der Waals surface area contributed by atoms with E-state index in [0.717, 1.165) is 26.1 Å². The van der Waals surface area contributed by atoms with E-state index >= 15 is 0 Å². The summed E-state index contributed by atoms with van der Waals surface area (Å²) in [7, 11) is -3.13. The first kappa shape index (κ1) is 16.2. The van der Waals surface area contributed by atoms with Crippen LogP contribution in [0.3, 0.4) is 0 Å². The average Bonchev–Trinajstić information content (AvgIpc) is 2.40. The van der Waals surface area contributed by atoms with Gasteiger partial charge in [-0.2, -0.15) is 0 Å². The maximum absolute atomic E-state index is 12.3. The molecule has 6 heteroatoms. The van der Waals surface area contributed by atoms with Crippen molar-refractivity contribution in [3.63, 3.8) is 0 Å². The maximum atomic E-state index is 12.3. The molecule has 1 aliphatic heterocycles. The van der Waals surface area contributed by atoms with Gasteiger partial charge in [0.2, 0.25) is 10.0 Å². The lowest BCUT2D eigenvalue weighted by Crippen LogP contribution is -2.39. The maximum Gasteiger partial charge on any atom is 0.214 e. The highest BCUT2D eigenvalue weighted by Gasteiger charge is 2.29. The highest BCUT2D eigenvalue weighted by Crippen LogP contribution is 2.19. The topological polar surface area (TPSA) is 40.6 Å². The molecule has 0 aromatic heterocycles. The van der Waals surface area contributed by atoms with E-state index in [1.54, 1.807) is 4.31 Å². The summed E-state index contributed by atoms with van der Waals surface area (Å²) >= 11 is 5.73. The van der Waals surface area contributed by atoms with Crippen molar-refractivity contribution >= 4 is 21.6 Å². The Morgan fingerprint density at radius 3 is 2.33 bits per heavy atom. The number of nitrogens with zero attached hydrogens (tertiary/aromatic N) is 2. The highest BCUT2D eigenvalue weighted by molar-refractivity contribution is 7.89. The van der Waals surface area contributed by atoms with Crippen LogP contribution in [-0.4, -0.2) is 62.0 Å². The first-order valence-electron chi connectivity index (χ1n) is 6.51. The lowest BCUT2D eigenvalue weighted by Gasteiger charge is -2.25. The van der Waals surface area contributed by atoms with Crippen molar-refractivity contribution < 1.29 is 8.42 Å². The fourth-order valence-corrected chi connectivity index (χ4v) is 4.49. The van der Waals surface area contributed by atoms with E-state index in [4.69, 9.17) is 11.6 Å². The minimum atomic E-state index is -3.13. The second-order valence-electron chi connectivity index (χ2n) is 6.10. The zero-order valence-electron chi connectivity index (χ0n) is 11.7. The van der Waals surface area contributed by atoms with Crippen LogP contribution in [-0.2, 0) is 10.0 Å². The minimum Gasteiger partial charge on any atom is -0.301 e. The van der Waals surface area contributed by atoms with Gasteiger partial charge < -0.3 is 4.90 Å². The first-order valence-corrected chi connectivity index (χ1v) is 8.65. The molecule has 1 saturated heterocycles. The number of rotatable bonds is 4. The zero-order chi connectivity index (χ0) is 13.8. The summed E-state index contributed by atoms with van der Waals surface area (Å²) in [5, 5.41) is 0. The second-order valence-corrected chi connectivity index (χ2v) is 8.45. The Kier molecular flexibility index (Phi) is 5.90. The van der Waals surface area contributed by atoms with Gasteiger partial charge in [0, 0.05) is 32.1 Å². The predicted molar refractivity (Wildman–Crippen MR) is 76.6 cm³/mol. The number of alkyl halides is 1. The van der Waals surface area contributed by atoms with Crippen molar-refractivity contribution in [2.24, 2.45) is 5.41 Å². The van der Waals surface area contributed by atoms with E-state index in [9.17, 15) is 8.42 Å². The molecule has 0 aromatic carbocycles.